The molecule has 0 heterocycles. The van der Waals surface area contributed by atoms with Gasteiger partial charge in [0.1, 0.15) is 6.04 Å². The van der Waals surface area contributed by atoms with Gasteiger partial charge in [0.15, 0.2) is 6.10 Å². The average molecular weight is 147 g/mol. The predicted molar refractivity (Wildman–Crippen MR) is 32.4 cm³/mol. The minimum absolute atomic E-state index is 0.966. The molecule has 58 valence electrons. The molecule has 0 saturated heterocycles. The van der Waals surface area contributed by atoms with Crippen molar-refractivity contribution in [3.05, 3.63) is 0 Å². The van der Waals surface area contributed by atoms with Crippen molar-refractivity contribution in [3.63, 3.8) is 0 Å². The van der Waals surface area contributed by atoms with Gasteiger partial charge in [-0.05, 0) is 0 Å². The van der Waals surface area contributed by atoms with Gasteiger partial charge in [-0.2, -0.15) is 0 Å². The molecule has 0 unspecified atom stereocenters. The Kier molecular flexibility index (Phi) is 2.78. The topological polar surface area (TPSA) is 132 Å². The number of primary amides is 2. The van der Waals surface area contributed by atoms with E-state index in [0.29, 0.717) is 0 Å². The first kappa shape index (κ1) is 8.86. The van der Waals surface area contributed by atoms with E-state index in [0.717, 1.165) is 0 Å². The van der Waals surface area contributed by atoms with Crippen LogP contribution in [0.1, 0.15) is 0 Å². The van der Waals surface area contributed by atoms with E-state index in [1.807, 2.05) is 0 Å². The Hall–Kier alpha value is -1.14. The normalized spacial score (nSPS) is 15.8. The van der Waals surface area contributed by atoms with Crippen molar-refractivity contribution in [3.8, 4) is 0 Å². The molecule has 0 rings (SSSR count). The number of carbonyl (C=O) groups excluding carboxylic acids is 2. The van der Waals surface area contributed by atoms with Crippen molar-refractivity contribution < 1.29 is 14.7 Å². The number of hydrogen-bond acceptors (Lipinski definition) is 4. The van der Waals surface area contributed by atoms with Crippen LogP contribution in [0.3, 0.4) is 0 Å². The van der Waals surface area contributed by atoms with Crippen LogP contribution in [0.4, 0.5) is 0 Å². The van der Waals surface area contributed by atoms with Crippen molar-refractivity contribution in [2.24, 2.45) is 17.2 Å². The molecular weight excluding hydrogens is 138 g/mol. The van der Waals surface area contributed by atoms with Crippen molar-refractivity contribution in [2.75, 3.05) is 0 Å². The Bertz CT molecular complexity index is 140. The second kappa shape index (κ2) is 3.14. The lowest BCUT2D eigenvalue weighted by Crippen LogP contribution is -2.51. The molecular formula is C4H9N3O3. The summed E-state index contributed by atoms with van der Waals surface area (Å²) in [5.41, 5.74) is 14.2. The summed E-state index contributed by atoms with van der Waals surface area (Å²) in [4.78, 5) is 20.3. The summed E-state index contributed by atoms with van der Waals surface area (Å²) in [6, 6.07) is -1.42. The maximum atomic E-state index is 10.2. The lowest BCUT2D eigenvalue weighted by molar-refractivity contribution is -0.132. The van der Waals surface area contributed by atoms with Crippen LogP contribution in [-0.2, 0) is 9.59 Å². The fraction of sp³-hybridized carbons (Fsp3) is 0.500. The van der Waals surface area contributed by atoms with Gasteiger partial charge in [-0.3, -0.25) is 9.59 Å². The van der Waals surface area contributed by atoms with Crippen LogP contribution in [0.5, 0.6) is 0 Å². The molecule has 7 N–H and O–H groups in total. The molecule has 0 aromatic heterocycles. The van der Waals surface area contributed by atoms with Crippen LogP contribution >= 0.6 is 0 Å². The van der Waals surface area contributed by atoms with Crippen LogP contribution < -0.4 is 17.2 Å². The Morgan fingerprint density at radius 3 is 1.70 bits per heavy atom. The fourth-order valence-corrected chi connectivity index (χ4v) is 0.333. The highest BCUT2D eigenvalue weighted by molar-refractivity contribution is 5.89. The molecule has 0 aromatic rings. The number of aliphatic hydroxyl groups excluding tert-OH is 1. The van der Waals surface area contributed by atoms with Crippen LogP contribution in [0.25, 0.3) is 0 Å². The van der Waals surface area contributed by atoms with E-state index in [4.69, 9.17) is 10.8 Å². The third-order valence-electron chi connectivity index (χ3n) is 0.960. The number of rotatable bonds is 3. The number of aliphatic hydroxyl groups is 1. The SMILES string of the molecule is NC(=O)[C@@H](N)[C@H](O)C(N)=O. The smallest absolute Gasteiger partial charge is 0.248 e. The lowest BCUT2D eigenvalue weighted by atomic mass is 10.1. The maximum absolute atomic E-state index is 10.2. The Morgan fingerprint density at radius 1 is 1.20 bits per heavy atom. The zero-order chi connectivity index (χ0) is 8.31. The molecule has 2 atom stereocenters. The molecule has 0 spiro atoms. The summed E-state index contributed by atoms with van der Waals surface area (Å²) >= 11 is 0. The summed E-state index contributed by atoms with van der Waals surface area (Å²) in [7, 11) is 0. The lowest BCUT2D eigenvalue weighted by Gasteiger charge is -2.10. The molecule has 10 heavy (non-hydrogen) atoms. The summed E-state index contributed by atoms with van der Waals surface area (Å²) < 4.78 is 0. The molecule has 0 radical (unpaired) electrons. The zero-order valence-electron chi connectivity index (χ0n) is 5.15. The minimum Gasteiger partial charge on any atom is -0.381 e. The number of carbonyl (C=O) groups is 2. The first-order valence-corrected chi connectivity index (χ1v) is 2.49. The van der Waals surface area contributed by atoms with Gasteiger partial charge >= 0.3 is 0 Å². The second-order valence-electron chi connectivity index (χ2n) is 1.78. The molecule has 0 aliphatic rings. The van der Waals surface area contributed by atoms with Crippen molar-refractivity contribution in [1.82, 2.24) is 0 Å². The van der Waals surface area contributed by atoms with E-state index >= 15 is 0 Å². The first-order chi connectivity index (χ1) is 4.46. The molecule has 0 saturated carbocycles. The third-order valence-corrected chi connectivity index (χ3v) is 0.960. The summed E-state index contributed by atoms with van der Waals surface area (Å²) in [6.07, 6.45) is -1.70. The highest BCUT2D eigenvalue weighted by Gasteiger charge is 2.24. The maximum Gasteiger partial charge on any atom is 0.248 e. The minimum atomic E-state index is -1.70. The number of hydrogen-bond donors (Lipinski definition) is 4. The van der Waals surface area contributed by atoms with Gasteiger partial charge in [-0.15, -0.1) is 0 Å². The van der Waals surface area contributed by atoms with E-state index in [2.05, 4.69) is 11.5 Å². The Balaban J connectivity index is 4.07. The zero-order valence-corrected chi connectivity index (χ0v) is 5.15. The fourth-order valence-electron chi connectivity index (χ4n) is 0.333. The third kappa shape index (κ3) is 2.00. The van der Waals surface area contributed by atoms with E-state index in [1.165, 1.54) is 0 Å². The molecule has 0 aromatic carbocycles. The van der Waals surface area contributed by atoms with Gasteiger partial charge in [0, 0.05) is 0 Å². The largest absolute Gasteiger partial charge is 0.381 e. The van der Waals surface area contributed by atoms with Gasteiger partial charge in [-0.25, -0.2) is 0 Å². The average Bonchev–Trinajstić information content (AvgIpc) is 1.84. The van der Waals surface area contributed by atoms with Crippen LogP contribution in [-0.4, -0.2) is 29.1 Å². The summed E-state index contributed by atoms with van der Waals surface area (Å²) in [5, 5.41) is 8.66. The van der Waals surface area contributed by atoms with Gasteiger partial charge in [0.2, 0.25) is 11.8 Å². The van der Waals surface area contributed by atoms with Gasteiger partial charge in [0.05, 0.1) is 0 Å². The van der Waals surface area contributed by atoms with Crippen molar-refractivity contribution >= 4 is 11.8 Å². The molecule has 0 aliphatic carbocycles. The summed E-state index contributed by atoms with van der Waals surface area (Å²) in [6.45, 7) is 0. The van der Waals surface area contributed by atoms with E-state index in [-0.39, 0.29) is 0 Å². The second-order valence-corrected chi connectivity index (χ2v) is 1.78. The molecule has 0 fully saturated rings. The molecule has 6 heteroatoms. The number of nitrogens with two attached hydrogens (primary N) is 3. The highest BCUT2D eigenvalue weighted by atomic mass is 16.3. The molecule has 0 bridgehead atoms. The molecule has 6 nitrogen and oxygen atoms in total. The van der Waals surface area contributed by atoms with Crippen LogP contribution in [0.2, 0.25) is 0 Å². The van der Waals surface area contributed by atoms with Gasteiger partial charge < -0.3 is 22.3 Å². The standard InChI is InChI=1S/C4H9N3O3/c5-1(3(6)9)2(8)4(7)10/h1-2,8H,5H2,(H2,6,9)(H2,7,10)/t1-,2-/m0/s1. The number of amides is 2. The quantitative estimate of drug-likeness (QED) is 0.332. The van der Waals surface area contributed by atoms with Gasteiger partial charge in [0.25, 0.3) is 0 Å². The predicted octanol–water partition coefficient (Wildman–Crippen LogP) is -3.35. The van der Waals surface area contributed by atoms with Crippen molar-refractivity contribution in [1.29, 1.82) is 0 Å². The van der Waals surface area contributed by atoms with Crippen LogP contribution in [0.15, 0.2) is 0 Å². The monoisotopic (exact) mass is 147 g/mol. The Morgan fingerprint density at radius 2 is 1.60 bits per heavy atom. The first-order valence-electron chi connectivity index (χ1n) is 2.49. The van der Waals surface area contributed by atoms with Gasteiger partial charge in [-0.1, -0.05) is 0 Å². The Labute approximate surface area is 57.0 Å². The highest BCUT2D eigenvalue weighted by Crippen LogP contribution is 1.86. The van der Waals surface area contributed by atoms with Crippen LogP contribution in [0, 0.1) is 0 Å². The van der Waals surface area contributed by atoms with E-state index in [1.54, 1.807) is 0 Å². The van der Waals surface area contributed by atoms with E-state index < -0.39 is 24.0 Å². The molecule has 2 amide bonds. The van der Waals surface area contributed by atoms with Crippen molar-refractivity contribution in [2.45, 2.75) is 12.1 Å². The molecule has 0 aliphatic heterocycles. The van der Waals surface area contributed by atoms with E-state index in [9.17, 15) is 9.59 Å². The summed E-state index contributed by atoms with van der Waals surface area (Å²) in [5.74, 6) is -2.03.